The molecule has 6 heteroatoms. The second-order valence-electron chi connectivity index (χ2n) is 7.03. The van der Waals surface area contributed by atoms with Crippen LogP contribution >= 0.6 is 0 Å². The molecule has 2 aliphatic rings. The van der Waals surface area contributed by atoms with Crippen LogP contribution in [-0.4, -0.2) is 48.9 Å². The normalized spacial score (nSPS) is 20.3. The highest BCUT2D eigenvalue weighted by Crippen LogP contribution is 2.27. The number of hydrogen-bond donors (Lipinski definition) is 0. The van der Waals surface area contributed by atoms with Crippen LogP contribution in [0, 0.1) is 0 Å². The average molecular weight is 359 g/mol. The molecule has 3 rings (SSSR count). The lowest BCUT2D eigenvalue weighted by atomic mass is 10.1. The highest BCUT2D eigenvalue weighted by Gasteiger charge is 2.38. The molecule has 140 valence electrons. The van der Waals surface area contributed by atoms with Crippen LogP contribution in [0.4, 0.5) is 0 Å². The van der Waals surface area contributed by atoms with Crippen molar-refractivity contribution in [3.8, 4) is 5.75 Å². The van der Waals surface area contributed by atoms with Gasteiger partial charge in [0.05, 0.1) is 0 Å². The van der Waals surface area contributed by atoms with E-state index in [9.17, 15) is 9.59 Å². The number of carbonyl (C=O) groups excluding carboxylic acids is 2. The number of ether oxygens (including phenoxy) is 3. The summed E-state index contributed by atoms with van der Waals surface area (Å²) in [5.41, 5.74) is 0.520. The molecule has 1 aromatic rings. The van der Waals surface area contributed by atoms with Crippen molar-refractivity contribution in [2.45, 2.75) is 38.9 Å². The van der Waals surface area contributed by atoms with Crippen molar-refractivity contribution in [3.63, 3.8) is 0 Å². The lowest BCUT2D eigenvalue weighted by molar-refractivity contribution is -0.222. The van der Waals surface area contributed by atoms with Crippen LogP contribution in [0.5, 0.6) is 5.75 Å². The summed E-state index contributed by atoms with van der Waals surface area (Å²) >= 11 is 0. The van der Waals surface area contributed by atoms with E-state index in [1.165, 1.54) is 39.2 Å². The lowest BCUT2D eigenvalue weighted by Gasteiger charge is -2.29. The molecule has 0 aliphatic carbocycles. The predicted molar refractivity (Wildman–Crippen MR) is 96.5 cm³/mol. The van der Waals surface area contributed by atoms with E-state index in [4.69, 9.17) is 14.2 Å². The summed E-state index contributed by atoms with van der Waals surface area (Å²) < 4.78 is 16.2. The summed E-state index contributed by atoms with van der Waals surface area (Å²) in [4.78, 5) is 26.6. The maximum absolute atomic E-state index is 12.1. The van der Waals surface area contributed by atoms with Crippen LogP contribution in [0.15, 0.2) is 29.8 Å². The number of para-hydroxylation sites is 1. The standard InChI is InChI=1S/C20H25NO5/c1-20(2)25-18(22)16(19(23)26-20)14-15-8-4-5-9-17(15)24-13-12-21-10-6-3-7-11-21/h4-5,8-9,14H,3,6-7,10-13H2,1-2H3. The number of cyclic esters (lactones) is 2. The summed E-state index contributed by atoms with van der Waals surface area (Å²) in [5.74, 6) is -1.98. The fourth-order valence-electron chi connectivity index (χ4n) is 3.13. The van der Waals surface area contributed by atoms with Crippen LogP contribution < -0.4 is 4.74 Å². The summed E-state index contributed by atoms with van der Waals surface area (Å²) in [6.07, 6.45) is 5.25. The third-order valence-electron chi connectivity index (χ3n) is 4.45. The van der Waals surface area contributed by atoms with Gasteiger partial charge in [0.15, 0.2) is 0 Å². The zero-order valence-corrected chi connectivity index (χ0v) is 15.3. The van der Waals surface area contributed by atoms with Gasteiger partial charge in [-0.25, -0.2) is 9.59 Å². The van der Waals surface area contributed by atoms with Crippen molar-refractivity contribution in [2.24, 2.45) is 0 Å². The Labute approximate surface area is 153 Å². The number of rotatable bonds is 5. The quantitative estimate of drug-likeness (QED) is 0.458. The number of carbonyl (C=O) groups is 2. The van der Waals surface area contributed by atoms with Gasteiger partial charge in [0.25, 0.3) is 5.79 Å². The summed E-state index contributed by atoms with van der Waals surface area (Å²) in [7, 11) is 0. The van der Waals surface area contributed by atoms with Crippen LogP contribution in [0.3, 0.4) is 0 Å². The second-order valence-corrected chi connectivity index (χ2v) is 7.03. The Bertz CT molecular complexity index is 682. The topological polar surface area (TPSA) is 65.1 Å². The molecule has 2 fully saturated rings. The Morgan fingerprint density at radius 3 is 2.42 bits per heavy atom. The fraction of sp³-hybridized carbons (Fsp3) is 0.500. The van der Waals surface area contributed by atoms with Gasteiger partial charge in [-0.3, -0.25) is 4.90 Å². The largest absolute Gasteiger partial charge is 0.492 e. The Balaban J connectivity index is 1.68. The van der Waals surface area contributed by atoms with Crippen molar-refractivity contribution in [3.05, 3.63) is 35.4 Å². The summed E-state index contributed by atoms with van der Waals surface area (Å²) in [6, 6.07) is 7.31. The number of nitrogens with zero attached hydrogens (tertiary/aromatic N) is 1. The van der Waals surface area contributed by atoms with E-state index in [1.807, 2.05) is 18.2 Å². The minimum atomic E-state index is -1.24. The molecule has 6 nitrogen and oxygen atoms in total. The maximum atomic E-state index is 12.1. The minimum Gasteiger partial charge on any atom is -0.492 e. The van der Waals surface area contributed by atoms with E-state index in [-0.39, 0.29) is 5.57 Å². The third kappa shape index (κ3) is 4.64. The Morgan fingerprint density at radius 2 is 1.73 bits per heavy atom. The van der Waals surface area contributed by atoms with Gasteiger partial charge in [-0.15, -0.1) is 0 Å². The molecule has 26 heavy (non-hydrogen) atoms. The van der Waals surface area contributed by atoms with Crippen LogP contribution in [0.25, 0.3) is 6.08 Å². The van der Waals surface area contributed by atoms with Crippen molar-refractivity contribution in [1.82, 2.24) is 4.90 Å². The molecule has 0 amide bonds. The number of hydrogen-bond acceptors (Lipinski definition) is 6. The summed E-state index contributed by atoms with van der Waals surface area (Å²) in [5, 5.41) is 0. The molecule has 2 saturated heterocycles. The number of piperidine rings is 1. The first kappa shape index (κ1) is 18.5. The van der Waals surface area contributed by atoms with E-state index in [1.54, 1.807) is 6.07 Å². The molecular weight excluding hydrogens is 334 g/mol. The zero-order valence-electron chi connectivity index (χ0n) is 15.3. The SMILES string of the molecule is CC1(C)OC(=O)C(=Cc2ccccc2OCCN2CCCCC2)C(=O)O1. The fourth-order valence-corrected chi connectivity index (χ4v) is 3.13. The molecule has 0 radical (unpaired) electrons. The second kappa shape index (κ2) is 7.91. The molecule has 0 aromatic heterocycles. The first-order valence-corrected chi connectivity index (χ1v) is 9.07. The molecule has 2 aliphatic heterocycles. The summed E-state index contributed by atoms with van der Waals surface area (Å²) in [6.45, 7) is 6.70. The molecule has 0 saturated carbocycles. The van der Waals surface area contributed by atoms with Gasteiger partial charge in [0, 0.05) is 26.0 Å². The van der Waals surface area contributed by atoms with E-state index < -0.39 is 17.7 Å². The van der Waals surface area contributed by atoms with Crippen LogP contribution in [0.2, 0.25) is 0 Å². The van der Waals surface area contributed by atoms with Crippen molar-refractivity contribution in [1.29, 1.82) is 0 Å². The lowest BCUT2D eigenvalue weighted by Crippen LogP contribution is -2.41. The molecule has 2 heterocycles. The van der Waals surface area contributed by atoms with Gasteiger partial charge in [-0.05, 0) is 38.1 Å². The molecule has 0 N–H and O–H groups in total. The maximum Gasteiger partial charge on any atom is 0.348 e. The molecule has 1 aromatic carbocycles. The van der Waals surface area contributed by atoms with Gasteiger partial charge in [-0.1, -0.05) is 24.6 Å². The number of benzene rings is 1. The average Bonchev–Trinajstić information content (AvgIpc) is 2.59. The van der Waals surface area contributed by atoms with E-state index in [2.05, 4.69) is 4.90 Å². The van der Waals surface area contributed by atoms with Gasteiger partial charge in [0.2, 0.25) is 0 Å². The predicted octanol–water partition coefficient (Wildman–Crippen LogP) is 2.77. The molecular formula is C20H25NO5. The van der Waals surface area contributed by atoms with Crippen LogP contribution in [-0.2, 0) is 19.1 Å². The third-order valence-corrected chi connectivity index (χ3v) is 4.45. The van der Waals surface area contributed by atoms with Crippen LogP contribution in [0.1, 0.15) is 38.7 Å². The van der Waals surface area contributed by atoms with Gasteiger partial charge < -0.3 is 14.2 Å². The van der Waals surface area contributed by atoms with Gasteiger partial charge in [0.1, 0.15) is 17.9 Å². The van der Waals surface area contributed by atoms with E-state index in [0.29, 0.717) is 17.9 Å². The monoisotopic (exact) mass is 359 g/mol. The minimum absolute atomic E-state index is 0.128. The Hall–Kier alpha value is -2.34. The Kier molecular flexibility index (Phi) is 5.61. The first-order valence-electron chi connectivity index (χ1n) is 9.07. The number of esters is 2. The van der Waals surface area contributed by atoms with Gasteiger partial charge in [-0.2, -0.15) is 0 Å². The number of likely N-dealkylation sites (tertiary alicyclic amines) is 1. The van der Waals surface area contributed by atoms with Crippen molar-refractivity contribution in [2.75, 3.05) is 26.2 Å². The Morgan fingerprint density at radius 1 is 1.08 bits per heavy atom. The molecule has 0 unspecified atom stereocenters. The van der Waals surface area contributed by atoms with Crippen molar-refractivity contribution >= 4 is 18.0 Å². The molecule has 0 atom stereocenters. The molecule has 0 spiro atoms. The highest BCUT2D eigenvalue weighted by molar-refractivity contribution is 6.19. The molecule has 0 bridgehead atoms. The van der Waals surface area contributed by atoms with E-state index in [0.717, 1.165) is 19.6 Å². The van der Waals surface area contributed by atoms with Crippen molar-refractivity contribution < 1.29 is 23.8 Å². The van der Waals surface area contributed by atoms with Gasteiger partial charge >= 0.3 is 11.9 Å². The smallest absolute Gasteiger partial charge is 0.348 e. The first-order chi connectivity index (χ1) is 12.4. The van der Waals surface area contributed by atoms with E-state index >= 15 is 0 Å². The highest BCUT2D eigenvalue weighted by atomic mass is 16.7. The zero-order chi connectivity index (χ0) is 18.6.